The molecule has 166 valence electrons. The van der Waals surface area contributed by atoms with Crippen LogP contribution in [-0.4, -0.2) is 25.3 Å². The zero-order chi connectivity index (χ0) is 21.4. The third-order valence-corrected chi connectivity index (χ3v) is 4.21. The Labute approximate surface area is 179 Å². The Balaban J connectivity index is 3.46. The number of rotatable bonds is 19. The second-order valence-corrected chi connectivity index (χ2v) is 7.47. The first-order valence-corrected chi connectivity index (χ1v) is 11.5. The summed E-state index contributed by atoms with van der Waals surface area (Å²) in [5, 5.41) is 0. The maximum absolute atomic E-state index is 11.6. The van der Waals surface area contributed by atoms with Gasteiger partial charge in [-0.3, -0.25) is 4.79 Å². The fourth-order valence-corrected chi connectivity index (χ4v) is 2.56. The minimum absolute atomic E-state index is 0.106. The van der Waals surface area contributed by atoms with Crippen LogP contribution in [-0.2, 0) is 14.3 Å². The molecule has 0 aliphatic carbocycles. The minimum atomic E-state index is -0.106. The van der Waals surface area contributed by atoms with Crippen LogP contribution >= 0.6 is 0 Å². The van der Waals surface area contributed by atoms with Crippen LogP contribution in [0.5, 0.6) is 0 Å². The van der Waals surface area contributed by atoms with Crippen molar-refractivity contribution in [2.45, 2.75) is 97.5 Å². The summed E-state index contributed by atoms with van der Waals surface area (Å²) in [7, 11) is 0. The molecule has 0 unspecified atom stereocenters. The van der Waals surface area contributed by atoms with E-state index in [0.717, 1.165) is 38.5 Å². The average molecular weight is 405 g/mol. The summed E-state index contributed by atoms with van der Waals surface area (Å²) in [6, 6.07) is 0. The monoisotopic (exact) mass is 404 g/mol. The molecule has 3 heteroatoms. The van der Waals surface area contributed by atoms with Crippen LogP contribution < -0.4 is 0 Å². The van der Waals surface area contributed by atoms with Crippen LogP contribution in [0, 0.1) is 0 Å². The number of esters is 1. The first-order chi connectivity index (χ1) is 14.2. The van der Waals surface area contributed by atoms with Crippen molar-refractivity contribution in [1.82, 2.24) is 0 Å². The van der Waals surface area contributed by atoms with Gasteiger partial charge in [-0.05, 0) is 58.8 Å². The van der Waals surface area contributed by atoms with Gasteiger partial charge in [0, 0.05) is 12.8 Å². The molecule has 0 spiro atoms. The Bertz CT molecular complexity index is 472. The smallest absolute Gasteiger partial charge is 0.305 e. The molecular formula is C26H44O3. The highest BCUT2D eigenvalue weighted by molar-refractivity contribution is 5.69. The van der Waals surface area contributed by atoms with Crippen molar-refractivity contribution >= 4 is 5.97 Å². The molecule has 0 aromatic rings. The van der Waals surface area contributed by atoms with Crippen molar-refractivity contribution in [2.24, 2.45) is 0 Å². The maximum atomic E-state index is 11.6. The zero-order valence-electron chi connectivity index (χ0n) is 19.1. The highest BCUT2D eigenvalue weighted by Crippen LogP contribution is 2.02. The van der Waals surface area contributed by atoms with E-state index in [1.807, 2.05) is 13.8 Å². The van der Waals surface area contributed by atoms with Gasteiger partial charge < -0.3 is 9.47 Å². The molecule has 0 atom stereocenters. The lowest BCUT2D eigenvalue weighted by Crippen LogP contribution is -2.10. The molecule has 0 radical (unpaired) electrons. The topological polar surface area (TPSA) is 35.5 Å². The van der Waals surface area contributed by atoms with E-state index in [9.17, 15) is 4.79 Å². The van der Waals surface area contributed by atoms with Crippen molar-refractivity contribution in [1.29, 1.82) is 0 Å². The van der Waals surface area contributed by atoms with E-state index >= 15 is 0 Å². The molecule has 0 aliphatic rings. The predicted molar refractivity (Wildman–Crippen MR) is 125 cm³/mol. The highest BCUT2D eigenvalue weighted by Gasteiger charge is 2.01. The molecular weight excluding hydrogens is 360 g/mol. The molecule has 0 bridgehead atoms. The van der Waals surface area contributed by atoms with E-state index in [1.54, 1.807) is 0 Å². The lowest BCUT2D eigenvalue weighted by atomic mass is 10.2. The van der Waals surface area contributed by atoms with Crippen molar-refractivity contribution in [3.8, 4) is 0 Å². The largest absolute Gasteiger partial charge is 0.466 e. The van der Waals surface area contributed by atoms with Gasteiger partial charge in [0.05, 0.1) is 19.3 Å². The summed E-state index contributed by atoms with van der Waals surface area (Å²) < 4.78 is 10.6. The summed E-state index contributed by atoms with van der Waals surface area (Å²) in [4.78, 5) is 11.6. The van der Waals surface area contributed by atoms with Crippen molar-refractivity contribution < 1.29 is 14.3 Å². The predicted octanol–water partition coefficient (Wildman–Crippen LogP) is 7.49. The van der Waals surface area contributed by atoms with Crippen LogP contribution in [0.3, 0.4) is 0 Å². The Morgan fingerprint density at radius 1 is 0.724 bits per heavy atom. The van der Waals surface area contributed by atoms with E-state index in [0.29, 0.717) is 19.6 Å². The molecule has 0 aliphatic heterocycles. The average Bonchev–Trinajstić information content (AvgIpc) is 2.69. The lowest BCUT2D eigenvalue weighted by Gasteiger charge is -2.07. The summed E-state index contributed by atoms with van der Waals surface area (Å²) in [5.41, 5.74) is 0. The molecule has 0 N–H and O–H groups in total. The lowest BCUT2D eigenvalue weighted by molar-refractivity contribution is -0.144. The third kappa shape index (κ3) is 24.4. The van der Waals surface area contributed by atoms with Gasteiger partial charge in [0.2, 0.25) is 0 Å². The number of carbonyl (C=O) groups is 1. The SMILES string of the molecule is CCCCCC=CCC=CCC=CCC=CCCCC(=O)OCCCOC(C)C. The van der Waals surface area contributed by atoms with Crippen LogP contribution in [0.25, 0.3) is 0 Å². The quantitative estimate of drug-likeness (QED) is 0.127. The van der Waals surface area contributed by atoms with E-state index < -0.39 is 0 Å². The van der Waals surface area contributed by atoms with Crippen LogP contribution in [0.15, 0.2) is 48.6 Å². The normalized spacial score (nSPS) is 12.4. The van der Waals surface area contributed by atoms with Crippen LogP contribution in [0.2, 0.25) is 0 Å². The third-order valence-electron chi connectivity index (χ3n) is 4.21. The maximum Gasteiger partial charge on any atom is 0.305 e. The second-order valence-electron chi connectivity index (χ2n) is 7.47. The number of ether oxygens (including phenoxy) is 2. The molecule has 0 amide bonds. The molecule has 0 saturated carbocycles. The van der Waals surface area contributed by atoms with Gasteiger partial charge in [0.1, 0.15) is 0 Å². The summed E-state index contributed by atoms with van der Waals surface area (Å²) in [6.07, 6.45) is 29.1. The Morgan fingerprint density at radius 2 is 1.28 bits per heavy atom. The number of hydrogen-bond acceptors (Lipinski definition) is 3. The van der Waals surface area contributed by atoms with Gasteiger partial charge in [-0.25, -0.2) is 0 Å². The molecule has 0 fully saturated rings. The number of allylic oxidation sites excluding steroid dienone is 8. The van der Waals surface area contributed by atoms with E-state index in [1.165, 1.54) is 25.7 Å². The number of unbranched alkanes of at least 4 members (excludes halogenated alkanes) is 4. The Hall–Kier alpha value is -1.61. The van der Waals surface area contributed by atoms with Gasteiger partial charge in [-0.15, -0.1) is 0 Å². The van der Waals surface area contributed by atoms with Crippen LogP contribution in [0.4, 0.5) is 0 Å². The van der Waals surface area contributed by atoms with Crippen LogP contribution in [0.1, 0.15) is 91.4 Å². The van der Waals surface area contributed by atoms with Gasteiger partial charge in [0.25, 0.3) is 0 Å². The van der Waals surface area contributed by atoms with Gasteiger partial charge in [-0.1, -0.05) is 68.4 Å². The fraction of sp³-hybridized carbons (Fsp3) is 0.654. The molecule has 3 nitrogen and oxygen atoms in total. The summed E-state index contributed by atoms with van der Waals surface area (Å²) >= 11 is 0. The Morgan fingerprint density at radius 3 is 1.83 bits per heavy atom. The first-order valence-electron chi connectivity index (χ1n) is 11.5. The van der Waals surface area contributed by atoms with Crippen molar-refractivity contribution in [3.63, 3.8) is 0 Å². The second kappa shape index (κ2) is 22.7. The molecule has 29 heavy (non-hydrogen) atoms. The van der Waals surface area contributed by atoms with Crippen molar-refractivity contribution in [3.05, 3.63) is 48.6 Å². The Kier molecular flexibility index (Phi) is 21.4. The summed E-state index contributed by atoms with van der Waals surface area (Å²) in [6.45, 7) is 7.34. The van der Waals surface area contributed by atoms with Gasteiger partial charge in [0.15, 0.2) is 0 Å². The highest BCUT2D eigenvalue weighted by atomic mass is 16.5. The fourth-order valence-electron chi connectivity index (χ4n) is 2.56. The van der Waals surface area contributed by atoms with Gasteiger partial charge >= 0.3 is 5.97 Å². The standard InChI is InChI=1S/C26H44O3/c1-4-5-6-7-8-9-10-11-12-13-14-15-16-17-18-19-20-22-26(27)29-24-21-23-28-25(2)3/h8-9,11-12,14-15,17-18,25H,4-7,10,13,16,19-24H2,1-3H3. The number of carbonyl (C=O) groups excluding carboxylic acids is 1. The van der Waals surface area contributed by atoms with E-state index in [-0.39, 0.29) is 12.1 Å². The number of hydrogen-bond donors (Lipinski definition) is 0. The molecule has 0 heterocycles. The molecule has 0 saturated heterocycles. The zero-order valence-corrected chi connectivity index (χ0v) is 19.1. The minimum Gasteiger partial charge on any atom is -0.466 e. The van der Waals surface area contributed by atoms with E-state index in [2.05, 4.69) is 55.5 Å². The van der Waals surface area contributed by atoms with Crippen molar-refractivity contribution in [2.75, 3.05) is 13.2 Å². The van der Waals surface area contributed by atoms with Gasteiger partial charge in [-0.2, -0.15) is 0 Å². The van der Waals surface area contributed by atoms with E-state index in [4.69, 9.17) is 9.47 Å². The molecule has 0 rings (SSSR count). The molecule has 0 aromatic heterocycles. The first kappa shape index (κ1) is 27.4. The summed E-state index contributed by atoms with van der Waals surface area (Å²) in [5.74, 6) is -0.106. The molecule has 0 aromatic carbocycles.